The molecule has 0 bridgehead atoms. The normalized spacial score (nSPS) is 14.3. The van der Waals surface area contributed by atoms with Gasteiger partial charge in [0.25, 0.3) is 0 Å². The molecular weight excluding hydrogens is 320 g/mol. The van der Waals surface area contributed by atoms with E-state index in [1.165, 1.54) is 0 Å². The zero-order valence-electron chi connectivity index (χ0n) is 12.0. The van der Waals surface area contributed by atoms with Crippen LogP contribution in [-0.4, -0.2) is 62.3 Å². The summed E-state index contributed by atoms with van der Waals surface area (Å²) < 4.78 is 18.8. The van der Waals surface area contributed by atoms with Crippen LogP contribution in [0.2, 0.25) is 0 Å². The largest absolute Gasteiger partial charge is 0.396 e. The van der Waals surface area contributed by atoms with Crippen LogP contribution in [0.4, 0.5) is 0 Å². The summed E-state index contributed by atoms with van der Waals surface area (Å²) in [7, 11) is -1.15. The van der Waals surface area contributed by atoms with Gasteiger partial charge in [-0.1, -0.05) is 13.8 Å². The van der Waals surface area contributed by atoms with Gasteiger partial charge < -0.3 is 20.8 Å². The minimum absolute atomic E-state index is 0.0326. The Bertz CT molecular complexity index is 378. The molecule has 0 saturated heterocycles. The molecule has 0 aromatic carbocycles. The number of nitrogens with one attached hydrogen (secondary N) is 2. The van der Waals surface area contributed by atoms with Gasteiger partial charge in [0.1, 0.15) is 6.10 Å². The van der Waals surface area contributed by atoms with E-state index < -0.39 is 27.5 Å². The molecule has 0 saturated carbocycles. The molecule has 0 aliphatic carbocycles. The standard InChI is InChI=1S/C11H22N2O6S2/c1-11(2,7-14)9(16)10(17)13-4-3-8(15)12-5-6-20-21(18)19/h9,14,16H,3-7H2,1-2H3,(H,12,15)(H,13,17)(H,18,19). The third-order valence-corrected chi connectivity index (χ3v) is 4.33. The molecule has 124 valence electrons. The maximum Gasteiger partial charge on any atom is 0.249 e. The smallest absolute Gasteiger partial charge is 0.249 e. The van der Waals surface area contributed by atoms with Gasteiger partial charge in [-0.25, -0.2) is 4.21 Å². The Labute approximate surface area is 129 Å². The molecule has 2 unspecified atom stereocenters. The van der Waals surface area contributed by atoms with Crippen molar-refractivity contribution >= 4 is 32.7 Å². The molecule has 0 rings (SSSR count). The number of hydrogen-bond acceptors (Lipinski definition) is 6. The van der Waals surface area contributed by atoms with Gasteiger partial charge in [-0.05, 0) is 10.8 Å². The summed E-state index contributed by atoms with van der Waals surface area (Å²) in [5, 5.41) is 23.7. The van der Waals surface area contributed by atoms with E-state index in [2.05, 4.69) is 10.6 Å². The SMILES string of the molecule is CC(C)(CO)C(O)C(=O)NCCC(=O)NCCSS(=O)O. The fourth-order valence-corrected chi connectivity index (χ4v) is 2.23. The highest BCUT2D eigenvalue weighted by atomic mass is 33.1. The lowest BCUT2D eigenvalue weighted by Crippen LogP contribution is -2.46. The van der Waals surface area contributed by atoms with Crippen molar-refractivity contribution in [3.05, 3.63) is 0 Å². The van der Waals surface area contributed by atoms with Gasteiger partial charge in [-0.2, -0.15) is 0 Å². The van der Waals surface area contributed by atoms with E-state index in [9.17, 15) is 18.9 Å². The van der Waals surface area contributed by atoms with E-state index in [-0.39, 0.29) is 32.0 Å². The molecule has 0 fully saturated rings. The highest BCUT2D eigenvalue weighted by molar-refractivity contribution is 8.67. The first-order chi connectivity index (χ1) is 9.70. The van der Waals surface area contributed by atoms with Crippen molar-refractivity contribution in [3.63, 3.8) is 0 Å². The average Bonchev–Trinajstić information content (AvgIpc) is 2.42. The first kappa shape index (κ1) is 20.3. The lowest BCUT2D eigenvalue weighted by atomic mass is 9.87. The molecule has 8 nitrogen and oxygen atoms in total. The Morgan fingerprint density at radius 2 is 1.90 bits per heavy atom. The maximum atomic E-state index is 11.6. The first-order valence-electron chi connectivity index (χ1n) is 6.28. The van der Waals surface area contributed by atoms with Gasteiger partial charge in [0.2, 0.25) is 21.9 Å². The second kappa shape index (κ2) is 10.1. The van der Waals surface area contributed by atoms with Gasteiger partial charge in [0.05, 0.1) is 6.61 Å². The minimum Gasteiger partial charge on any atom is -0.396 e. The molecule has 21 heavy (non-hydrogen) atoms. The summed E-state index contributed by atoms with van der Waals surface area (Å²) in [5.74, 6) is -0.645. The molecule has 0 aromatic heterocycles. The van der Waals surface area contributed by atoms with Crippen LogP contribution < -0.4 is 10.6 Å². The Balaban J connectivity index is 3.85. The zero-order chi connectivity index (χ0) is 16.5. The van der Waals surface area contributed by atoms with Gasteiger partial charge in [0, 0.05) is 30.7 Å². The van der Waals surface area contributed by atoms with Crippen molar-refractivity contribution in [3.8, 4) is 0 Å². The Hall–Kier alpha value is -0.680. The monoisotopic (exact) mass is 342 g/mol. The molecule has 0 aliphatic heterocycles. The predicted molar refractivity (Wildman–Crippen MR) is 80.7 cm³/mol. The summed E-state index contributed by atoms with van der Waals surface area (Å²) in [6, 6.07) is 0. The fourth-order valence-electron chi connectivity index (χ4n) is 1.23. The van der Waals surface area contributed by atoms with Crippen LogP contribution >= 0.6 is 10.8 Å². The molecule has 0 aromatic rings. The Kier molecular flexibility index (Phi) is 9.79. The van der Waals surface area contributed by atoms with Crippen molar-refractivity contribution in [2.75, 3.05) is 25.4 Å². The maximum absolute atomic E-state index is 11.6. The summed E-state index contributed by atoms with van der Waals surface area (Å²) in [4.78, 5) is 23.0. The number of aliphatic hydroxyl groups is 2. The second-order valence-corrected chi connectivity index (χ2v) is 7.62. The van der Waals surface area contributed by atoms with Crippen LogP contribution in [0.3, 0.4) is 0 Å². The van der Waals surface area contributed by atoms with Crippen LogP contribution in [0.15, 0.2) is 0 Å². The van der Waals surface area contributed by atoms with Crippen LogP contribution in [0.5, 0.6) is 0 Å². The molecular formula is C11H22N2O6S2. The van der Waals surface area contributed by atoms with Crippen molar-refractivity contribution in [2.45, 2.75) is 26.4 Å². The minimum atomic E-state index is -1.95. The van der Waals surface area contributed by atoms with E-state index >= 15 is 0 Å². The Morgan fingerprint density at radius 1 is 1.29 bits per heavy atom. The van der Waals surface area contributed by atoms with Gasteiger partial charge in [-0.15, -0.1) is 0 Å². The number of amides is 2. The van der Waals surface area contributed by atoms with E-state index in [0.29, 0.717) is 5.75 Å². The number of carbonyl (C=O) groups excluding carboxylic acids is 2. The molecule has 10 heteroatoms. The van der Waals surface area contributed by atoms with Gasteiger partial charge >= 0.3 is 0 Å². The molecule has 0 heterocycles. The molecule has 0 radical (unpaired) electrons. The number of hydrogen-bond donors (Lipinski definition) is 5. The van der Waals surface area contributed by atoms with Crippen molar-refractivity contribution in [1.29, 1.82) is 0 Å². The topological polar surface area (TPSA) is 136 Å². The Morgan fingerprint density at radius 3 is 2.43 bits per heavy atom. The highest BCUT2D eigenvalue weighted by Crippen LogP contribution is 2.19. The van der Waals surface area contributed by atoms with Gasteiger partial charge in [0.15, 0.2) is 0 Å². The number of carbonyl (C=O) groups is 2. The number of aliphatic hydroxyl groups excluding tert-OH is 2. The van der Waals surface area contributed by atoms with Gasteiger partial charge in [-0.3, -0.25) is 14.1 Å². The first-order valence-corrected chi connectivity index (χ1v) is 8.89. The van der Waals surface area contributed by atoms with Crippen LogP contribution in [0.1, 0.15) is 20.3 Å². The average molecular weight is 342 g/mol. The van der Waals surface area contributed by atoms with E-state index in [1.807, 2.05) is 0 Å². The van der Waals surface area contributed by atoms with Crippen molar-refractivity contribution in [1.82, 2.24) is 10.6 Å². The molecule has 2 atom stereocenters. The number of rotatable bonds is 10. The van der Waals surface area contributed by atoms with E-state index in [1.54, 1.807) is 13.8 Å². The lowest BCUT2D eigenvalue weighted by molar-refractivity contribution is -0.137. The van der Waals surface area contributed by atoms with Crippen LogP contribution in [-0.2, 0) is 19.7 Å². The summed E-state index contributed by atoms with van der Waals surface area (Å²) in [6.45, 7) is 3.07. The predicted octanol–water partition coefficient (Wildman–Crippen LogP) is -1.14. The zero-order valence-corrected chi connectivity index (χ0v) is 13.6. The summed E-state index contributed by atoms with van der Waals surface area (Å²) in [6.07, 6.45) is -1.33. The van der Waals surface area contributed by atoms with Crippen molar-refractivity contribution in [2.24, 2.45) is 5.41 Å². The molecule has 2 amide bonds. The van der Waals surface area contributed by atoms with Crippen LogP contribution in [0, 0.1) is 5.41 Å². The summed E-state index contributed by atoms with van der Waals surface area (Å²) in [5.41, 5.74) is -0.955. The van der Waals surface area contributed by atoms with Crippen LogP contribution in [0.25, 0.3) is 0 Å². The quantitative estimate of drug-likeness (QED) is 0.192. The van der Waals surface area contributed by atoms with Crippen molar-refractivity contribution < 1.29 is 28.6 Å². The third-order valence-electron chi connectivity index (χ3n) is 2.66. The van der Waals surface area contributed by atoms with E-state index in [4.69, 9.17) is 9.66 Å². The summed E-state index contributed by atoms with van der Waals surface area (Å²) >= 11 is 0. The molecule has 0 aliphatic rings. The van der Waals surface area contributed by atoms with E-state index in [0.717, 1.165) is 10.8 Å². The lowest BCUT2D eigenvalue weighted by Gasteiger charge is -2.27. The highest BCUT2D eigenvalue weighted by Gasteiger charge is 2.32. The fraction of sp³-hybridized carbons (Fsp3) is 0.818. The second-order valence-electron chi connectivity index (χ2n) is 4.98. The third kappa shape index (κ3) is 9.04. The molecule has 5 N–H and O–H groups in total. The molecule has 0 spiro atoms.